The van der Waals surface area contributed by atoms with E-state index in [1.807, 2.05) is 0 Å². The van der Waals surface area contributed by atoms with Crippen molar-refractivity contribution in [2.75, 3.05) is 11.5 Å². The third-order valence-corrected chi connectivity index (χ3v) is 7.64. The largest absolute Gasteiger partial charge is 0.530 e. The Hall–Kier alpha value is -4.18. The number of hydrogen-bond donors (Lipinski definition) is 1. The Morgan fingerprint density at radius 3 is 2.42 bits per heavy atom. The number of nitrogens with zero attached hydrogens (tertiary/aromatic N) is 3. The molecule has 0 bridgehead atoms. The number of phosphoric acid groups is 1. The maximum absolute atomic E-state index is 13.6. The molecule has 0 spiro atoms. The summed E-state index contributed by atoms with van der Waals surface area (Å²) in [5.41, 5.74) is -4.45. The minimum Gasteiger partial charge on any atom is -0.480 e. The van der Waals surface area contributed by atoms with Crippen molar-refractivity contribution >= 4 is 31.8 Å². The van der Waals surface area contributed by atoms with Crippen LogP contribution in [-0.4, -0.2) is 56.2 Å². The van der Waals surface area contributed by atoms with E-state index >= 15 is 0 Å². The third-order valence-electron chi connectivity index (χ3n) is 6.07. The number of ether oxygens (including phenoxy) is 2. The molecule has 0 aliphatic carbocycles. The van der Waals surface area contributed by atoms with Crippen LogP contribution in [0.25, 0.3) is 0 Å². The van der Waals surface area contributed by atoms with Crippen molar-refractivity contribution in [2.24, 2.45) is 5.92 Å². The summed E-state index contributed by atoms with van der Waals surface area (Å²) in [6, 6.07) is 0. The molecule has 0 aromatic carbocycles. The number of hydrogen-bond acceptors (Lipinski definition) is 11. The Morgan fingerprint density at radius 1 is 1.21 bits per heavy atom. The van der Waals surface area contributed by atoms with Crippen LogP contribution in [0.1, 0.15) is 54.0 Å². The van der Waals surface area contributed by atoms with Crippen LogP contribution in [0.4, 0.5) is 15.4 Å². The predicted octanol–water partition coefficient (Wildman–Crippen LogP) is 4.54. The van der Waals surface area contributed by atoms with Gasteiger partial charge in [0.05, 0.1) is 18.1 Å². The maximum atomic E-state index is 13.6. The number of carboxylic acids is 1. The molecule has 0 saturated carbocycles. The van der Waals surface area contributed by atoms with Crippen molar-refractivity contribution in [1.82, 2.24) is 9.55 Å². The summed E-state index contributed by atoms with van der Waals surface area (Å²) in [5.74, 6) is 2.81. The predicted molar refractivity (Wildman–Crippen MR) is 153 cm³/mol. The average molecular weight is 620 g/mol. The van der Waals surface area contributed by atoms with Crippen molar-refractivity contribution in [2.45, 2.75) is 71.8 Å². The first kappa shape index (κ1) is 33.3. The Labute approximate surface area is 248 Å². The number of allylic oxidation sites excluding steroid dienone is 1. The van der Waals surface area contributed by atoms with Gasteiger partial charge in [-0.2, -0.15) is 9.88 Å². The van der Waals surface area contributed by atoms with Gasteiger partial charge in [-0.05, 0) is 54.5 Å². The van der Waals surface area contributed by atoms with Gasteiger partial charge in [-0.15, -0.1) is 0 Å². The first-order valence-electron chi connectivity index (χ1n) is 13.0. The van der Waals surface area contributed by atoms with Gasteiger partial charge in [-0.25, -0.2) is 18.9 Å². The van der Waals surface area contributed by atoms with E-state index in [0.29, 0.717) is 10.5 Å². The number of phosphoric ester groups is 1. The van der Waals surface area contributed by atoms with Gasteiger partial charge in [0.15, 0.2) is 5.82 Å². The van der Waals surface area contributed by atoms with Crippen LogP contribution in [0.15, 0.2) is 47.6 Å². The zero-order chi connectivity index (χ0) is 32.5. The lowest BCUT2D eigenvalue weighted by molar-refractivity contribution is -0.137. The van der Waals surface area contributed by atoms with Gasteiger partial charge in [0, 0.05) is 11.8 Å². The molecule has 232 valence electrons. The quantitative estimate of drug-likeness (QED) is 0.334. The Balaban J connectivity index is 2.09. The second-order valence-corrected chi connectivity index (χ2v) is 13.0. The van der Waals surface area contributed by atoms with E-state index in [2.05, 4.69) is 30.0 Å². The molecule has 0 fully saturated rings. The summed E-state index contributed by atoms with van der Waals surface area (Å²) in [6.45, 7) is 17.1. The Bertz CT molecular complexity index is 1570. The fourth-order valence-electron chi connectivity index (χ4n) is 4.01. The van der Waals surface area contributed by atoms with Crippen LogP contribution in [0.2, 0.25) is 0 Å². The number of carbonyl (C=O) groups excluding carboxylic acids is 2. The number of aliphatic carboxylic acids is 1. The number of anilines is 1. The summed E-state index contributed by atoms with van der Waals surface area (Å²) in [6.07, 6.45) is 1.38. The summed E-state index contributed by atoms with van der Waals surface area (Å²) in [4.78, 5) is 54.8. The molecule has 1 aromatic rings. The highest BCUT2D eigenvalue weighted by atomic mass is 31.2. The molecule has 2 aliphatic heterocycles. The van der Waals surface area contributed by atoms with Crippen molar-refractivity contribution in [3.05, 3.63) is 58.9 Å². The van der Waals surface area contributed by atoms with Gasteiger partial charge in [0.1, 0.15) is 29.1 Å². The van der Waals surface area contributed by atoms with E-state index in [0.717, 1.165) is 10.8 Å². The summed E-state index contributed by atoms with van der Waals surface area (Å²) >= 11 is 0. The van der Waals surface area contributed by atoms with Crippen molar-refractivity contribution in [1.29, 1.82) is 0 Å². The van der Waals surface area contributed by atoms with E-state index in [9.17, 15) is 28.8 Å². The van der Waals surface area contributed by atoms with Crippen molar-refractivity contribution in [3.8, 4) is 11.8 Å². The highest BCUT2D eigenvalue weighted by molar-refractivity contribution is 7.48. The number of rotatable bonds is 7. The van der Waals surface area contributed by atoms with Crippen LogP contribution < -0.4 is 10.6 Å². The molecule has 2 aliphatic rings. The Morgan fingerprint density at radius 2 is 1.86 bits per heavy atom. The molecule has 15 heteroatoms. The molecule has 43 heavy (non-hydrogen) atoms. The maximum Gasteiger partial charge on any atom is 0.530 e. The number of fused-ring (bicyclic) bond motifs is 1. The van der Waals surface area contributed by atoms with Gasteiger partial charge in [-0.3, -0.25) is 18.4 Å². The van der Waals surface area contributed by atoms with Crippen LogP contribution in [0, 0.1) is 17.8 Å². The average Bonchev–Trinajstić information content (AvgIpc) is 2.86. The summed E-state index contributed by atoms with van der Waals surface area (Å²) in [5, 5.41) is 9.22. The number of cyclic esters (lactones) is 1. The molecular formula is C28H34N3O11P. The van der Waals surface area contributed by atoms with Crippen LogP contribution >= 0.6 is 7.82 Å². The second kappa shape index (κ2) is 11.8. The molecule has 0 radical (unpaired) electrons. The first-order chi connectivity index (χ1) is 19.7. The number of amides is 2. The molecule has 1 N–H and O–H groups in total. The van der Waals surface area contributed by atoms with E-state index in [1.165, 1.54) is 26.0 Å². The summed E-state index contributed by atoms with van der Waals surface area (Å²) < 4.78 is 42.2. The fraction of sp³-hybridized carbons (Fsp3) is 0.464. The SMILES string of the molecule is C=CC1=C(C=C)C(C)(C)OP(=O)(OCC2C#Cc3cn(CC(=O)O)c(=O)nc3N(C(=O)OC(C)(C)C)C(=O)OC2(C)C)O1. The molecule has 3 rings (SSSR count). The van der Waals surface area contributed by atoms with Crippen molar-refractivity contribution < 1.29 is 47.1 Å². The van der Waals surface area contributed by atoms with Gasteiger partial charge >= 0.3 is 31.7 Å². The topological polar surface area (TPSA) is 173 Å². The second-order valence-electron chi connectivity index (χ2n) is 11.5. The zero-order valence-corrected chi connectivity index (χ0v) is 25.9. The number of aromatic nitrogens is 2. The molecular weight excluding hydrogens is 585 g/mol. The first-order valence-corrected chi connectivity index (χ1v) is 14.4. The summed E-state index contributed by atoms with van der Waals surface area (Å²) in [7, 11) is -4.27. The lowest BCUT2D eigenvalue weighted by atomic mass is 9.92. The van der Waals surface area contributed by atoms with Crippen LogP contribution in [-0.2, 0) is 38.9 Å². The minimum atomic E-state index is -4.27. The molecule has 14 nitrogen and oxygen atoms in total. The lowest BCUT2D eigenvalue weighted by Crippen LogP contribution is -2.47. The molecule has 2 atom stereocenters. The van der Waals surface area contributed by atoms with Gasteiger partial charge < -0.3 is 19.1 Å². The highest BCUT2D eigenvalue weighted by Crippen LogP contribution is 2.60. The van der Waals surface area contributed by atoms with Gasteiger partial charge in [0.25, 0.3) is 0 Å². The van der Waals surface area contributed by atoms with Crippen LogP contribution in [0.5, 0.6) is 0 Å². The third kappa shape index (κ3) is 7.62. The van der Waals surface area contributed by atoms with Gasteiger partial charge in [0.2, 0.25) is 0 Å². The molecule has 1 aromatic heterocycles. The number of carbonyl (C=O) groups is 3. The van der Waals surface area contributed by atoms with Crippen LogP contribution in [0.3, 0.4) is 0 Å². The van der Waals surface area contributed by atoms with Crippen molar-refractivity contribution in [3.63, 3.8) is 0 Å². The fourth-order valence-corrected chi connectivity index (χ4v) is 5.55. The molecule has 0 saturated heterocycles. The lowest BCUT2D eigenvalue weighted by Gasteiger charge is -2.37. The molecule has 2 amide bonds. The molecule has 3 heterocycles. The normalized spacial score (nSPS) is 22.7. The molecule has 2 unspecified atom stereocenters. The minimum absolute atomic E-state index is 0.144. The van der Waals surface area contributed by atoms with E-state index in [1.54, 1.807) is 34.6 Å². The van der Waals surface area contributed by atoms with E-state index in [4.69, 9.17) is 23.0 Å². The zero-order valence-electron chi connectivity index (χ0n) is 25.0. The Kier molecular flexibility index (Phi) is 9.17. The van der Waals surface area contributed by atoms with Gasteiger partial charge in [-0.1, -0.05) is 31.1 Å². The van der Waals surface area contributed by atoms with E-state index < -0.39 is 73.4 Å². The standard InChI is InChI=1S/C28H34N3O11P/c1-10-19-20(11-2)41-43(37,42-28(19,8)9)38-16-18-13-12-17-14-30(15-21(32)33)23(34)29-22(17)31(24(35)39-26(3,4)5)25(36)40-27(18,6)7/h10-11,14,18H,1-2,15-16H2,3-9H3,(H,32,33). The number of carboxylic acid groups (broad SMARTS) is 1. The number of imide groups is 1. The highest BCUT2D eigenvalue weighted by Gasteiger charge is 2.47. The monoisotopic (exact) mass is 619 g/mol. The van der Waals surface area contributed by atoms with E-state index in [-0.39, 0.29) is 11.3 Å². The smallest absolute Gasteiger partial charge is 0.480 e.